The van der Waals surface area contributed by atoms with Crippen LogP contribution in [0.3, 0.4) is 0 Å². The predicted molar refractivity (Wildman–Crippen MR) is 128 cm³/mol. The van der Waals surface area contributed by atoms with E-state index in [0.29, 0.717) is 12.5 Å². The Kier molecular flexibility index (Phi) is 10.0. The molecule has 1 aromatic heterocycles. The summed E-state index contributed by atoms with van der Waals surface area (Å²) in [6.45, 7) is 2.47. The molecular formula is C20H25F3IN5OS. The van der Waals surface area contributed by atoms with Crippen molar-refractivity contribution >= 4 is 52.9 Å². The monoisotopic (exact) mass is 567 g/mol. The summed E-state index contributed by atoms with van der Waals surface area (Å²) in [5, 5.41) is 10.3. The van der Waals surface area contributed by atoms with Crippen LogP contribution in [0.1, 0.15) is 23.8 Å². The molecular weight excluding hydrogens is 542 g/mol. The first-order valence-corrected chi connectivity index (χ1v) is 10.5. The Bertz CT molecular complexity index is 891. The number of hydrogen-bond donors (Lipinski definition) is 3. The van der Waals surface area contributed by atoms with Gasteiger partial charge in [-0.3, -0.25) is 14.7 Å². The van der Waals surface area contributed by atoms with E-state index in [1.54, 1.807) is 18.4 Å². The van der Waals surface area contributed by atoms with Crippen LogP contribution in [0.4, 0.5) is 18.9 Å². The van der Waals surface area contributed by atoms with Crippen molar-refractivity contribution in [2.45, 2.75) is 18.9 Å². The number of likely N-dealkylation sites (tertiary alicyclic amines) is 1. The first kappa shape index (κ1) is 25.4. The highest BCUT2D eigenvalue weighted by atomic mass is 127. The number of nitrogens with one attached hydrogen (secondary N) is 3. The number of thiophene rings is 1. The highest BCUT2D eigenvalue weighted by molar-refractivity contribution is 14.0. The molecule has 31 heavy (non-hydrogen) atoms. The van der Waals surface area contributed by atoms with Gasteiger partial charge in [-0.1, -0.05) is 6.07 Å². The van der Waals surface area contributed by atoms with E-state index >= 15 is 0 Å². The van der Waals surface area contributed by atoms with E-state index in [1.807, 2.05) is 11.4 Å². The van der Waals surface area contributed by atoms with Crippen molar-refractivity contribution in [2.24, 2.45) is 4.99 Å². The van der Waals surface area contributed by atoms with Crippen LogP contribution in [0.5, 0.6) is 0 Å². The molecule has 170 valence electrons. The standard InChI is InChI=1S/C20H24F3N5OS.HI/c1-24-20(25-11-15(16-5-4-10-30-16)28-8-2-3-9-28)26-12-17(29)27-14-7-6-13(21)18(22)19(14)23;/h4-7,10,15H,2-3,8-9,11-12H2,1H3,(H,27,29)(H2,24,25,26);1H. The first-order chi connectivity index (χ1) is 14.5. The summed E-state index contributed by atoms with van der Waals surface area (Å²) in [6, 6.07) is 6.06. The van der Waals surface area contributed by atoms with Crippen molar-refractivity contribution in [3.8, 4) is 0 Å². The molecule has 3 rings (SSSR count). The molecule has 1 aliphatic rings. The van der Waals surface area contributed by atoms with E-state index in [9.17, 15) is 18.0 Å². The summed E-state index contributed by atoms with van der Waals surface area (Å²) < 4.78 is 40.0. The van der Waals surface area contributed by atoms with E-state index in [4.69, 9.17) is 0 Å². The number of aliphatic imine (C=N–C) groups is 1. The van der Waals surface area contributed by atoms with Crippen molar-refractivity contribution in [3.05, 3.63) is 52.0 Å². The normalized spacial score (nSPS) is 15.3. The van der Waals surface area contributed by atoms with Crippen molar-refractivity contribution in [2.75, 3.05) is 38.5 Å². The summed E-state index contributed by atoms with van der Waals surface area (Å²) in [4.78, 5) is 19.9. The molecule has 0 aliphatic carbocycles. The van der Waals surface area contributed by atoms with Crippen LogP contribution in [-0.4, -0.2) is 50.0 Å². The van der Waals surface area contributed by atoms with Crippen LogP contribution in [0.15, 0.2) is 34.6 Å². The van der Waals surface area contributed by atoms with Crippen LogP contribution in [-0.2, 0) is 4.79 Å². The largest absolute Gasteiger partial charge is 0.354 e. The minimum absolute atomic E-state index is 0. The number of amides is 1. The molecule has 2 heterocycles. The highest BCUT2D eigenvalue weighted by Crippen LogP contribution is 2.27. The highest BCUT2D eigenvalue weighted by Gasteiger charge is 2.24. The third kappa shape index (κ3) is 6.81. The second kappa shape index (κ2) is 12.2. The number of nitrogens with zero attached hydrogens (tertiary/aromatic N) is 2. The molecule has 0 radical (unpaired) electrons. The molecule has 0 bridgehead atoms. The third-order valence-corrected chi connectivity index (χ3v) is 5.84. The fourth-order valence-corrected chi connectivity index (χ4v) is 4.20. The average Bonchev–Trinajstić information content (AvgIpc) is 3.46. The van der Waals surface area contributed by atoms with Crippen molar-refractivity contribution < 1.29 is 18.0 Å². The van der Waals surface area contributed by atoms with E-state index in [1.165, 1.54) is 17.7 Å². The van der Waals surface area contributed by atoms with E-state index in [0.717, 1.165) is 25.2 Å². The molecule has 0 spiro atoms. The molecule has 1 amide bonds. The molecule has 6 nitrogen and oxygen atoms in total. The molecule has 1 aromatic carbocycles. The molecule has 1 unspecified atom stereocenters. The lowest BCUT2D eigenvalue weighted by Gasteiger charge is -2.27. The Labute approximate surface area is 200 Å². The first-order valence-electron chi connectivity index (χ1n) is 9.65. The summed E-state index contributed by atoms with van der Waals surface area (Å²) in [5.41, 5.74) is -0.421. The molecule has 0 saturated carbocycles. The Morgan fingerprint density at radius 2 is 1.90 bits per heavy atom. The second-order valence-corrected chi connectivity index (χ2v) is 7.83. The molecule has 1 aliphatic heterocycles. The zero-order valence-electron chi connectivity index (χ0n) is 17.0. The smallest absolute Gasteiger partial charge is 0.243 e. The fraction of sp³-hybridized carbons (Fsp3) is 0.400. The fourth-order valence-electron chi connectivity index (χ4n) is 3.34. The SMILES string of the molecule is CN=C(NCC(=O)Nc1ccc(F)c(F)c1F)NCC(c1cccs1)N1CCCC1.I. The molecule has 3 N–H and O–H groups in total. The van der Waals surface area contributed by atoms with Crippen molar-refractivity contribution in [3.63, 3.8) is 0 Å². The number of guanidine groups is 1. The van der Waals surface area contributed by atoms with Gasteiger partial charge in [-0.15, -0.1) is 35.3 Å². The van der Waals surface area contributed by atoms with Gasteiger partial charge in [0, 0.05) is 18.5 Å². The van der Waals surface area contributed by atoms with Crippen LogP contribution in [0, 0.1) is 17.5 Å². The van der Waals surface area contributed by atoms with E-state index in [-0.39, 0.29) is 36.6 Å². The Balaban J connectivity index is 0.00000341. The maximum absolute atomic E-state index is 13.7. The summed E-state index contributed by atoms with van der Waals surface area (Å²) in [5.74, 6) is -4.57. The lowest BCUT2D eigenvalue weighted by atomic mass is 10.2. The number of hydrogen-bond acceptors (Lipinski definition) is 4. The predicted octanol–water partition coefficient (Wildman–Crippen LogP) is 3.72. The van der Waals surface area contributed by atoms with Gasteiger partial charge in [0.05, 0.1) is 18.3 Å². The van der Waals surface area contributed by atoms with Gasteiger partial charge in [-0.2, -0.15) is 0 Å². The zero-order chi connectivity index (χ0) is 21.5. The average molecular weight is 567 g/mol. The van der Waals surface area contributed by atoms with Crippen LogP contribution in [0.2, 0.25) is 0 Å². The van der Waals surface area contributed by atoms with Crippen molar-refractivity contribution in [1.82, 2.24) is 15.5 Å². The molecule has 2 aromatic rings. The maximum atomic E-state index is 13.7. The minimum Gasteiger partial charge on any atom is -0.354 e. The van der Waals surface area contributed by atoms with Crippen LogP contribution < -0.4 is 16.0 Å². The number of halogens is 4. The quantitative estimate of drug-likeness (QED) is 0.207. The Morgan fingerprint density at radius 1 is 1.16 bits per heavy atom. The van der Waals surface area contributed by atoms with Gasteiger partial charge in [0.1, 0.15) is 0 Å². The third-order valence-electron chi connectivity index (χ3n) is 4.87. The van der Waals surface area contributed by atoms with Gasteiger partial charge in [-0.05, 0) is 49.5 Å². The minimum atomic E-state index is -1.63. The van der Waals surface area contributed by atoms with Gasteiger partial charge in [0.15, 0.2) is 23.4 Å². The van der Waals surface area contributed by atoms with Crippen molar-refractivity contribution in [1.29, 1.82) is 0 Å². The van der Waals surface area contributed by atoms with Crippen LogP contribution >= 0.6 is 35.3 Å². The lowest BCUT2D eigenvalue weighted by molar-refractivity contribution is -0.115. The van der Waals surface area contributed by atoms with E-state index < -0.39 is 29.0 Å². The number of carbonyl (C=O) groups is 1. The van der Waals surface area contributed by atoms with Crippen LogP contribution in [0.25, 0.3) is 0 Å². The molecule has 11 heteroatoms. The summed E-state index contributed by atoms with van der Waals surface area (Å²) >= 11 is 1.70. The number of benzene rings is 1. The molecule has 1 fully saturated rings. The molecule has 1 atom stereocenters. The van der Waals surface area contributed by atoms with E-state index in [2.05, 4.69) is 31.9 Å². The zero-order valence-corrected chi connectivity index (χ0v) is 20.1. The maximum Gasteiger partial charge on any atom is 0.243 e. The number of rotatable bonds is 7. The summed E-state index contributed by atoms with van der Waals surface area (Å²) in [7, 11) is 1.58. The van der Waals surface area contributed by atoms with Gasteiger partial charge < -0.3 is 16.0 Å². The van der Waals surface area contributed by atoms with Gasteiger partial charge in [0.2, 0.25) is 5.91 Å². The Hall–Kier alpha value is -1.86. The lowest BCUT2D eigenvalue weighted by Crippen LogP contribution is -2.44. The van der Waals surface area contributed by atoms with Gasteiger partial charge >= 0.3 is 0 Å². The molecule has 1 saturated heterocycles. The van der Waals surface area contributed by atoms with Gasteiger partial charge in [0.25, 0.3) is 0 Å². The number of anilines is 1. The van der Waals surface area contributed by atoms with Gasteiger partial charge in [-0.25, -0.2) is 13.2 Å². The summed E-state index contributed by atoms with van der Waals surface area (Å²) in [6.07, 6.45) is 2.35. The number of carbonyl (C=O) groups excluding carboxylic acids is 1. The Morgan fingerprint density at radius 3 is 2.55 bits per heavy atom. The second-order valence-electron chi connectivity index (χ2n) is 6.85. The topological polar surface area (TPSA) is 68.8 Å².